The number of carboxylic acids is 1. The minimum Gasteiger partial charge on any atom is -0.478 e. The number of carbonyl (C=O) groups is 1. The minimum absolute atomic E-state index is 0.388. The summed E-state index contributed by atoms with van der Waals surface area (Å²) in [6.45, 7) is 4.64. The van der Waals surface area contributed by atoms with Crippen LogP contribution in [0, 0.1) is 11.8 Å². The van der Waals surface area contributed by atoms with Gasteiger partial charge in [-0.15, -0.1) is 0 Å². The van der Waals surface area contributed by atoms with Crippen molar-refractivity contribution in [2.45, 2.75) is 58.3 Å². The maximum absolute atomic E-state index is 10.9. The fraction of sp³-hybridized carbons (Fsp3) is 0.611. The lowest BCUT2D eigenvalue weighted by molar-refractivity contribution is 0.0697. The number of hydrogen-bond acceptors (Lipinski definition) is 1. The van der Waals surface area contributed by atoms with Crippen molar-refractivity contribution in [1.29, 1.82) is 0 Å². The van der Waals surface area contributed by atoms with Crippen LogP contribution in [-0.4, -0.2) is 11.1 Å². The van der Waals surface area contributed by atoms with Crippen molar-refractivity contribution in [2.24, 2.45) is 11.8 Å². The Balaban J connectivity index is 1.88. The fourth-order valence-electron chi connectivity index (χ4n) is 3.37. The van der Waals surface area contributed by atoms with Crippen LogP contribution in [0.15, 0.2) is 24.3 Å². The minimum atomic E-state index is -0.839. The highest BCUT2D eigenvalue weighted by molar-refractivity contribution is 5.87. The van der Waals surface area contributed by atoms with Crippen LogP contribution < -0.4 is 0 Å². The quantitative estimate of drug-likeness (QED) is 0.811. The van der Waals surface area contributed by atoms with E-state index in [2.05, 4.69) is 13.8 Å². The Bertz CT molecular complexity index is 427. The van der Waals surface area contributed by atoms with Crippen molar-refractivity contribution in [3.63, 3.8) is 0 Å². The molecule has 1 aromatic carbocycles. The number of carboxylic acid groups (broad SMARTS) is 1. The molecule has 0 spiro atoms. The molecule has 20 heavy (non-hydrogen) atoms. The Morgan fingerprint density at radius 1 is 1.20 bits per heavy atom. The summed E-state index contributed by atoms with van der Waals surface area (Å²) < 4.78 is 0. The monoisotopic (exact) mass is 274 g/mol. The molecule has 110 valence electrons. The highest BCUT2D eigenvalue weighted by Gasteiger charge is 2.23. The van der Waals surface area contributed by atoms with E-state index in [4.69, 9.17) is 5.11 Å². The summed E-state index contributed by atoms with van der Waals surface area (Å²) in [5.41, 5.74) is 1.70. The van der Waals surface area contributed by atoms with E-state index < -0.39 is 5.97 Å². The zero-order chi connectivity index (χ0) is 14.5. The van der Waals surface area contributed by atoms with Crippen molar-refractivity contribution >= 4 is 5.97 Å². The van der Waals surface area contributed by atoms with Gasteiger partial charge in [-0.25, -0.2) is 4.79 Å². The van der Waals surface area contributed by atoms with Crippen molar-refractivity contribution in [3.05, 3.63) is 35.4 Å². The van der Waals surface area contributed by atoms with E-state index in [-0.39, 0.29) is 0 Å². The number of hydrogen-bond donors (Lipinski definition) is 1. The second kappa shape index (κ2) is 6.92. The van der Waals surface area contributed by atoms with Gasteiger partial charge in [0.25, 0.3) is 0 Å². The molecule has 1 saturated carbocycles. The molecule has 1 fully saturated rings. The summed E-state index contributed by atoms with van der Waals surface area (Å²) in [6.07, 6.45) is 7.84. The molecule has 1 aromatic rings. The highest BCUT2D eigenvalue weighted by Crippen LogP contribution is 2.38. The van der Waals surface area contributed by atoms with Gasteiger partial charge in [-0.05, 0) is 67.6 Å². The number of rotatable bonds is 5. The summed E-state index contributed by atoms with van der Waals surface area (Å²) in [7, 11) is 0. The Kier molecular flexibility index (Phi) is 5.22. The average molecular weight is 274 g/mol. The molecule has 1 N–H and O–H groups in total. The van der Waals surface area contributed by atoms with Crippen LogP contribution in [0.2, 0.25) is 0 Å². The second-order valence-corrected chi connectivity index (χ2v) is 6.39. The van der Waals surface area contributed by atoms with Gasteiger partial charge in [-0.3, -0.25) is 0 Å². The molecule has 0 aromatic heterocycles. The summed E-state index contributed by atoms with van der Waals surface area (Å²) in [6, 6.07) is 7.48. The van der Waals surface area contributed by atoms with Gasteiger partial charge >= 0.3 is 5.97 Å². The molecule has 2 heteroatoms. The molecule has 0 heterocycles. The molecule has 1 aliphatic carbocycles. The van der Waals surface area contributed by atoms with Crippen molar-refractivity contribution < 1.29 is 9.90 Å². The summed E-state index contributed by atoms with van der Waals surface area (Å²) in [4.78, 5) is 10.9. The molecule has 2 rings (SSSR count). The number of aromatic carboxylic acids is 1. The average Bonchev–Trinajstić information content (AvgIpc) is 2.48. The second-order valence-electron chi connectivity index (χ2n) is 6.39. The summed E-state index contributed by atoms with van der Waals surface area (Å²) >= 11 is 0. The Hall–Kier alpha value is -1.31. The normalized spacial score (nSPS) is 24.3. The van der Waals surface area contributed by atoms with E-state index in [1.165, 1.54) is 44.1 Å². The largest absolute Gasteiger partial charge is 0.478 e. The molecule has 1 aliphatic rings. The van der Waals surface area contributed by atoms with Gasteiger partial charge in [-0.2, -0.15) is 0 Å². The maximum atomic E-state index is 10.9. The molecule has 0 radical (unpaired) electrons. The Morgan fingerprint density at radius 2 is 1.80 bits per heavy atom. The molecular formula is C18H26O2. The first-order chi connectivity index (χ1) is 9.60. The van der Waals surface area contributed by atoms with E-state index >= 15 is 0 Å². The van der Waals surface area contributed by atoms with E-state index in [0.29, 0.717) is 11.5 Å². The standard InChI is InChI=1S/C18H26O2/c1-3-13(2)12-14-4-6-15(7-5-14)16-8-10-17(11-9-16)18(19)20/h8-11,13-15H,3-7,12H2,1-2H3,(H,19,20). The SMILES string of the molecule is CCC(C)CC1CCC(c2ccc(C(=O)O)cc2)CC1. The van der Waals surface area contributed by atoms with E-state index in [1.54, 1.807) is 12.1 Å². The van der Waals surface area contributed by atoms with Crippen LogP contribution in [0.4, 0.5) is 0 Å². The zero-order valence-electron chi connectivity index (χ0n) is 12.6. The molecule has 0 bridgehead atoms. The van der Waals surface area contributed by atoms with Crippen LogP contribution in [0.1, 0.15) is 74.2 Å². The lowest BCUT2D eigenvalue weighted by Crippen LogP contribution is -2.15. The van der Waals surface area contributed by atoms with Gasteiger partial charge in [0.2, 0.25) is 0 Å². The predicted octanol–water partition coefficient (Wildman–Crippen LogP) is 5.09. The van der Waals surface area contributed by atoms with Crippen molar-refractivity contribution in [1.82, 2.24) is 0 Å². The predicted molar refractivity (Wildman–Crippen MR) is 82.2 cm³/mol. The fourth-order valence-corrected chi connectivity index (χ4v) is 3.37. The molecule has 1 atom stereocenters. The lowest BCUT2D eigenvalue weighted by Gasteiger charge is -2.30. The summed E-state index contributed by atoms with van der Waals surface area (Å²) in [5, 5.41) is 8.93. The molecule has 2 nitrogen and oxygen atoms in total. The first-order valence-electron chi connectivity index (χ1n) is 7.93. The van der Waals surface area contributed by atoms with Gasteiger partial charge < -0.3 is 5.11 Å². The molecular weight excluding hydrogens is 248 g/mol. The third-order valence-corrected chi connectivity index (χ3v) is 4.91. The van der Waals surface area contributed by atoms with Gasteiger partial charge in [0.05, 0.1) is 5.56 Å². The summed E-state index contributed by atoms with van der Waals surface area (Å²) in [5.74, 6) is 1.55. The van der Waals surface area contributed by atoms with Gasteiger partial charge in [0.1, 0.15) is 0 Å². The van der Waals surface area contributed by atoms with Crippen LogP contribution in [0.5, 0.6) is 0 Å². The first-order valence-corrected chi connectivity index (χ1v) is 7.93. The third kappa shape index (κ3) is 3.84. The van der Waals surface area contributed by atoms with Crippen molar-refractivity contribution in [2.75, 3.05) is 0 Å². The Labute approximate surface area is 122 Å². The topological polar surface area (TPSA) is 37.3 Å². The van der Waals surface area contributed by atoms with Gasteiger partial charge in [0.15, 0.2) is 0 Å². The van der Waals surface area contributed by atoms with E-state index in [9.17, 15) is 4.79 Å². The van der Waals surface area contributed by atoms with Crippen LogP contribution in [0.3, 0.4) is 0 Å². The van der Waals surface area contributed by atoms with E-state index in [0.717, 1.165) is 11.8 Å². The maximum Gasteiger partial charge on any atom is 0.335 e. The Morgan fingerprint density at radius 3 is 2.30 bits per heavy atom. The first kappa shape index (κ1) is 15.1. The van der Waals surface area contributed by atoms with Crippen LogP contribution >= 0.6 is 0 Å². The van der Waals surface area contributed by atoms with Crippen LogP contribution in [0.25, 0.3) is 0 Å². The molecule has 0 amide bonds. The molecule has 0 aliphatic heterocycles. The molecule has 1 unspecified atom stereocenters. The van der Waals surface area contributed by atoms with E-state index in [1.807, 2.05) is 12.1 Å². The van der Waals surface area contributed by atoms with Gasteiger partial charge in [0, 0.05) is 0 Å². The zero-order valence-corrected chi connectivity index (χ0v) is 12.6. The number of benzene rings is 1. The highest BCUT2D eigenvalue weighted by atomic mass is 16.4. The van der Waals surface area contributed by atoms with Crippen LogP contribution in [-0.2, 0) is 0 Å². The smallest absolute Gasteiger partial charge is 0.335 e. The van der Waals surface area contributed by atoms with Gasteiger partial charge in [-0.1, -0.05) is 32.4 Å². The third-order valence-electron chi connectivity index (χ3n) is 4.91. The van der Waals surface area contributed by atoms with Crippen molar-refractivity contribution in [3.8, 4) is 0 Å². The molecule has 0 saturated heterocycles. The lowest BCUT2D eigenvalue weighted by atomic mass is 9.75.